The van der Waals surface area contributed by atoms with Crippen LogP contribution in [0.4, 0.5) is 0 Å². The van der Waals surface area contributed by atoms with E-state index in [-0.39, 0.29) is 5.41 Å². The van der Waals surface area contributed by atoms with E-state index < -0.39 is 0 Å². The van der Waals surface area contributed by atoms with Gasteiger partial charge in [-0.15, -0.1) is 0 Å². The molecule has 0 radical (unpaired) electrons. The van der Waals surface area contributed by atoms with Crippen LogP contribution in [0.3, 0.4) is 0 Å². The molecule has 0 bridgehead atoms. The zero-order valence-electron chi connectivity index (χ0n) is 24.4. The third-order valence-corrected chi connectivity index (χ3v) is 11.7. The van der Waals surface area contributed by atoms with E-state index in [0.29, 0.717) is 24.2 Å². The molecule has 4 heterocycles. The van der Waals surface area contributed by atoms with Crippen molar-refractivity contribution in [2.45, 2.75) is 141 Å². The molecule has 0 spiro atoms. The molecule has 37 heavy (non-hydrogen) atoms. The smallest absolute Gasteiger partial charge is 0.0316 e. The molecule has 0 amide bonds. The molecule has 0 aromatic heterocycles. The summed E-state index contributed by atoms with van der Waals surface area (Å²) in [4.78, 5) is 0. The lowest BCUT2D eigenvalue weighted by atomic mass is 9.57. The van der Waals surface area contributed by atoms with Gasteiger partial charge in [-0.3, -0.25) is 0 Å². The van der Waals surface area contributed by atoms with E-state index in [4.69, 9.17) is 0 Å². The molecule has 4 aliphatic heterocycles. The van der Waals surface area contributed by atoms with Crippen molar-refractivity contribution in [2.24, 2.45) is 29.1 Å². The van der Waals surface area contributed by atoms with E-state index >= 15 is 0 Å². The molecular formula is C33H60N4. The Bertz CT molecular complexity index is 627. The lowest BCUT2D eigenvalue weighted by molar-refractivity contribution is -0.0156. The summed E-state index contributed by atoms with van der Waals surface area (Å²) in [6.07, 6.45) is 27.4. The first-order valence-corrected chi connectivity index (χ1v) is 16.8. The van der Waals surface area contributed by atoms with Crippen LogP contribution in [0.15, 0.2) is 12.2 Å². The second kappa shape index (κ2) is 13.8. The fraction of sp³-hybridized carbons (Fsp3) is 0.939. The lowest BCUT2D eigenvalue weighted by Gasteiger charge is -2.59. The Hall–Kier alpha value is -0.420. The van der Waals surface area contributed by atoms with Crippen molar-refractivity contribution in [1.29, 1.82) is 0 Å². The van der Waals surface area contributed by atoms with Gasteiger partial charge in [0.1, 0.15) is 0 Å². The molecule has 1 saturated carbocycles. The Morgan fingerprint density at radius 2 is 1.08 bits per heavy atom. The minimum Gasteiger partial charge on any atom is -0.313 e. The average Bonchev–Trinajstić information content (AvgIpc) is 2.99. The number of hydrogen-bond acceptors (Lipinski definition) is 4. The normalized spacial score (nSPS) is 40.8. The van der Waals surface area contributed by atoms with E-state index in [1.807, 2.05) is 0 Å². The maximum absolute atomic E-state index is 4.25. The van der Waals surface area contributed by atoms with Crippen molar-refractivity contribution in [3.05, 3.63) is 12.2 Å². The third-order valence-electron chi connectivity index (χ3n) is 11.7. The Kier molecular flexibility index (Phi) is 10.5. The fourth-order valence-corrected chi connectivity index (χ4v) is 9.32. The highest BCUT2D eigenvalue weighted by Gasteiger charge is 2.56. The Morgan fingerprint density at radius 1 is 0.595 bits per heavy atom. The van der Waals surface area contributed by atoms with Crippen molar-refractivity contribution in [3.8, 4) is 0 Å². The monoisotopic (exact) mass is 512 g/mol. The van der Waals surface area contributed by atoms with E-state index in [0.717, 1.165) is 23.7 Å². The summed E-state index contributed by atoms with van der Waals surface area (Å²) in [6.45, 7) is 9.65. The number of hydrogen-bond donors (Lipinski definition) is 4. The van der Waals surface area contributed by atoms with Crippen LogP contribution >= 0.6 is 0 Å². The van der Waals surface area contributed by atoms with Crippen LogP contribution in [-0.2, 0) is 0 Å². The first-order valence-electron chi connectivity index (χ1n) is 16.8. The minimum absolute atomic E-state index is 0.282. The molecule has 5 fully saturated rings. The predicted molar refractivity (Wildman–Crippen MR) is 158 cm³/mol. The lowest BCUT2D eigenvalue weighted by Crippen LogP contribution is -2.74. The van der Waals surface area contributed by atoms with Crippen LogP contribution in [0.2, 0.25) is 0 Å². The highest BCUT2D eigenvalue weighted by molar-refractivity contribution is 5.15. The van der Waals surface area contributed by atoms with Gasteiger partial charge in [0.2, 0.25) is 0 Å². The van der Waals surface area contributed by atoms with Crippen LogP contribution in [0.25, 0.3) is 0 Å². The molecule has 6 unspecified atom stereocenters. The molecule has 212 valence electrons. The van der Waals surface area contributed by atoms with Crippen LogP contribution in [0, 0.1) is 29.1 Å². The summed E-state index contributed by atoms with van der Waals surface area (Å²) in [5, 5.41) is 16.6. The van der Waals surface area contributed by atoms with Gasteiger partial charge in [-0.05, 0) is 120 Å². The summed E-state index contributed by atoms with van der Waals surface area (Å²) >= 11 is 0. The largest absolute Gasteiger partial charge is 0.313 e. The van der Waals surface area contributed by atoms with Crippen LogP contribution in [-0.4, -0.2) is 50.3 Å². The SMILES string of the molecule is CCC(C)C1CCC(C=CC2CCC(C(C3CCCCN3)(C3CCCCN3)C3CCCCN3)NC2)CC1. The standard InChI is InChI=1S/C33H60N4/c1-3-25(2)28-18-15-26(16-19-28)13-14-27-17-20-32(37-24-27)33(29-10-4-7-21-34-29,30-11-5-8-22-35-30)31-12-6-9-23-36-31/h13-14,25-32,34-37H,3-12,15-24H2,1-2H3. The van der Waals surface area contributed by atoms with Gasteiger partial charge in [0.15, 0.2) is 0 Å². The molecule has 4 nitrogen and oxygen atoms in total. The first-order chi connectivity index (χ1) is 18.2. The summed E-state index contributed by atoms with van der Waals surface area (Å²) in [5.41, 5.74) is 0.282. The molecule has 1 aliphatic carbocycles. The van der Waals surface area contributed by atoms with Crippen LogP contribution in [0.1, 0.15) is 117 Å². The summed E-state index contributed by atoms with van der Waals surface area (Å²) in [7, 11) is 0. The molecule has 6 atom stereocenters. The average molecular weight is 513 g/mol. The number of nitrogens with one attached hydrogen (secondary N) is 4. The van der Waals surface area contributed by atoms with Gasteiger partial charge < -0.3 is 21.3 Å². The van der Waals surface area contributed by atoms with Gasteiger partial charge in [0.05, 0.1) is 0 Å². The zero-order chi connectivity index (χ0) is 25.5. The van der Waals surface area contributed by atoms with Gasteiger partial charge in [-0.1, -0.05) is 51.7 Å². The maximum atomic E-state index is 4.25. The van der Waals surface area contributed by atoms with E-state index in [2.05, 4.69) is 47.3 Å². The maximum Gasteiger partial charge on any atom is 0.0316 e. The van der Waals surface area contributed by atoms with Gasteiger partial charge in [0, 0.05) is 36.1 Å². The van der Waals surface area contributed by atoms with Gasteiger partial charge in [0.25, 0.3) is 0 Å². The van der Waals surface area contributed by atoms with Crippen LogP contribution < -0.4 is 21.3 Å². The molecule has 5 aliphatic rings. The highest BCUT2D eigenvalue weighted by Crippen LogP contribution is 2.46. The first kappa shape index (κ1) is 28.1. The fourth-order valence-electron chi connectivity index (χ4n) is 9.32. The highest BCUT2D eigenvalue weighted by atomic mass is 15.1. The molecule has 0 aromatic rings. The topological polar surface area (TPSA) is 48.1 Å². The zero-order valence-corrected chi connectivity index (χ0v) is 24.4. The molecule has 4 saturated heterocycles. The summed E-state index contributed by atoms with van der Waals surface area (Å²) < 4.78 is 0. The predicted octanol–water partition coefficient (Wildman–Crippen LogP) is 6.18. The molecule has 4 N–H and O–H groups in total. The number of rotatable bonds is 8. The van der Waals surface area contributed by atoms with Gasteiger partial charge >= 0.3 is 0 Å². The van der Waals surface area contributed by atoms with E-state index in [1.165, 1.54) is 129 Å². The van der Waals surface area contributed by atoms with Crippen molar-refractivity contribution in [2.75, 3.05) is 26.2 Å². The van der Waals surface area contributed by atoms with Crippen LogP contribution in [0.5, 0.6) is 0 Å². The van der Waals surface area contributed by atoms with Gasteiger partial charge in [-0.2, -0.15) is 0 Å². The van der Waals surface area contributed by atoms with Crippen molar-refractivity contribution in [3.63, 3.8) is 0 Å². The van der Waals surface area contributed by atoms with Gasteiger partial charge in [-0.25, -0.2) is 0 Å². The summed E-state index contributed by atoms with van der Waals surface area (Å²) in [5.74, 6) is 3.45. The van der Waals surface area contributed by atoms with Crippen molar-refractivity contribution in [1.82, 2.24) is 21.3 Å². The van der Waals surface area contributed by atoms with E-state index in [1.54, 1.807) is 0 Å². The quantitative estimate of drug-likeness (QED) is 0.294. The van der Waals surface area contributed by atoms with Crippen molar-refractivity contribution < 1.29 is 0 Å². The second-order valence-electron chi connectivity index (χ2n) is 13.8. The molecule has 0 aromatic carbocycles. The van der Waals surface area contributed by atoms with E-state index in [9.17, 15) is 0 Å². The Morgan fingerprint density at radius 3 is 1.51 bits per heavy atom. The summed E-state index contributed by atoms with van der Waals surface area (Å²) in [6, 6.07) is 2.53. The Labute approximate surface area is 229 Å². The third kappa shape index (κ3) is 6.50. The molecule has 5 rings (SSSR count). The number of allylic oxidation sites excluding steroid dienone is 1. The Balaban J connectivity index is 1.26. The molecule has 4 heteroatoms. The second-order valence-corrected chi connectivity index (χ2v) is 13.8. The molecular weight excluding hydrogens is 452 g/mol. The minimum atomic E-state index is 0.282. The number of piperidine rings is 4. The van der Waals surface area contributed by atoms with Crippen molar-refractivity contribution >= 4 is 0 Å².